The van der Waals surface area contributed by atoms with E-state index < -0.39 is 0 Å². The summed E-state index contributed by atoms with van der Waals surface area (Å²) in [5.74, 6) is 3.18. The summed E-state index contributed by atoms with van der Waals surface area (Å²) in [4.78, 5) is 0. The fourth-order valence-electron chi connectivity index (χ4n) is 2.99. The molecule has 3 rings (SSSR count). The van der Waals surface area contributed by atoms with Crippen LogP contribution in [-0.2, 0) is 0 Å². The van der Waals surface area contributed by atoms with Gasteiger partial charge in [-0.05, 0) is 43.7 Å². The highest BCUT2D eigenvalue weighted by atomic mass is 16.5. The van der Waals surface area contributed by atoms with E-state index in [1.54, 1.807) is 0 Å². The Kier molecular flexibility index (Phi) is 3.79. The number of nitrogens with one attached hydrogen (secondary N) is 1. The summed E-state index contributed by atoms with van der Waals surface area (Å²) >= 11 is 0. The largest absolute Gasteiger partial charge is 0.493 e. The van der Waals surface area contributed by atoms with E-state index in [1.165, 1.54) is 31.4 Å². The van der Waals surface area contributed by atoms with Crippen LogP contribution in [0, 0.1) is 11.8 Å². The molecular formula is C17H25NO. The van der Waals surface area contributed by atoms with Gasteiger partial charge in [-0.2, -0.15) is 0 Å². The van der Waals surface area contributed by atoms with Gasteiger partial charge in [-0.1, -0.05) is 32.0 Å². The molecule has 0 bridgehead atoms. The Hall–Kier alpha value is -1.02. The lowest BCUT2D eigenvalue weighted by Gasteiger charge is -2.24. The maximum Gasteiger partial charge on any atom is 0.122 e. The van der Waals surface area contributed by atoms with Crippen molar-refractivity contribution in [3.63, 3.8) is 0 Å². The van der Waals surface area contributed by atoms with Crippen molar-refractivity contribution in [2.24, 2.45) is 11.8 Å². The molecule has 1 saturated carbocycles. The zero-order chi connectivity index (χ0) is 13.2. The van der Waals surface area contributed by atoms with Crippen LogP contribution in [0.25, 0.3) is 0 Å². The van der Waals surface area contributed by atoms with E-state index >= 15 is 0 Å². The molecule has 1 heterocycles. The SMILES string of the molecule is CC(C)C(CNC1CC1)CC1COc2ccccc21. The van der Waals surface area contributed by atoms with Gasteiger partial charge in [0.15, 0.2) is 0 Å². The number of benzene rings is 1. The summed E-state index contributed by atoms with van der Waals surface area (Å²) in [6.45, 7) is 6.73. The summed E-state index contributed by atoms with van der Waals surface area (Å²) in [5, 5.41) is 3.70. The molecule has 0 spiro atoms. The predicted octanol–water partition coefficient (Wildman–Crippen LogP) is 3.58. The van der Waals surface area contributed by atoms with Crippen molar-refractivity contribution in [1.82, 2.24) is 5.32 Å². The first-order valence-electron chi connectivity index (χ1n) is 7.69. The number of rotatable bonds is 6. The average Bonchev–Trinajstić information content (AvgIpc) is 3.15. The highest BCUT2D eigenvalue weighted by Crippen LogP contribution is 2.38. The monoisotopic (exact) mass is 259 g/mol. The maximum absolute atomic E-state index is 5.81. The Morgan fingerprint density at radius 3 is 2.79 bits per heavy atom. The fraction of sp³-hybridized carbons (Fsp3) is 0.647. The average molecular weight is 259 g/mol. The lowest BCUT2D eigenvalue weighted by atomic mass is 9.84. The Morgan fingerprint density at radius 2 is 2.05 bits per heavy atom. The minimum absolute atomic E-state index is 0.588. The van der Waals surface area contributed by atoms with Crippen molar-refractivity contribution in [3.05, 3.63) is 29.8 Å². The number of ether oxygens (including phenoxy) is 1. The number of fused-ring (bicyclic) bond motifs is 1. The van der Waals surface area contributed by atoms with E-state index in [-0.39, 0.29) is 0 Å². The Balaban J connectivity index is 1.62. The molecule has 2 atom stereocenters. The second-order valence-corrected chi connectivity index (χ2v) is 6.47. The van der Waals surface area contributed by atoms with Gasteiger partial charge in [0.25, 0.3) is 0 Å². The van der Waals surface area contributed by atoms with Gasteiger partial charge in [-0.15, -0.1) is 0 Å². The lowest BCUT2D eigenvalue weighted by Crippen LogP contribution is -2.29. The third kappa shape index (κ3) is 3.11. The molecule has 1 fully saturated rings. The topological polar surface area (TPSA) is 21.3 Å². The van der Waals surface area contributed by atoms with Crippen LogP contribution in [0.4, 0.5) is 0 Å². The molecule has 1 aromatic rings. The highest BCUT2D eigenvalue weighted by molar-refractivity contribution is 5.39. The first kappa shape index (κ1) is 13.0. The minimum atomic E-state index is 0.588. The molecule has 1 aliphatic heterocycles. The van der Waals surface area contributed by atoms with Gasteiger partial charge >= 0.3 is 0 Å². The van der Waals surface area contributed by atoms with Crippen molar-refractivity contribution in [2.75, 3.05) is 13.2 Å². The number of para-hydroxylation sites is 1. The Labute approximate surface area is 116 Å². The van der Waals surface area contributed by atoms with Crippen LogP contribution in [-0.4, -0.2) is 19.2 Å². The van der Waals surface area contributed by atoms with Gasteiger partial charge in [0.1, 0.15) is 5.75 Å². The third-order valence-electron chi connectivity index (χ3n) is 4.57. The zero-order valence-electron chi connectivity index (χ0n) is 12.1. The fourth-order valence-corrected chi connectivity index (χ4v) is 2.99. The van der Waals surface area contributed by atoms with E-state index in [1.807, 2.05) is 0 Å². The lowest BCUT2D eigenvalue weighted by molar-refractivity contribution is 0.272. The summed E-state index contributed by atoms with van der Waals surface area (Å²) in [6, 6.07) is 9.35. The zero-order valence-corrected chi connectivity index (χ0v) is 12.1. The normalized spacial score (nSPS) is 23.2. The molecule has 2 nitrogen and oxygen atoms in total. The van der Waals surface area contributed by atoms with E-state index in [0.717, 1.165) is 30.2 Å². The second-order valence-electron chi connectivity index (χ2n) is 6.47. The van der Waals surface area contributed by atoms with Crippen molar-refractivity contribution in [1.29, 1.82) is 0 Å². The van der Waals surface area contributed by atoms with Crippen molar-refractivity contribution < 1.29 is 4.74 Å². The van der Waals surface area contributed by atoms with Crippen LogP contribution in [0.2, 0.25) is 0 Å². The molecule has 2 unspecified atom stereocenters. The van der Waals surface area contributed by atoms with Crippen molar-refractivity contribution in [2.45, 2.75) is 45.1 Å². The molecule has 0 radical (unpaired) electrons. The van der Waals surface area contributed by atoms with Crippen molar-refractivity contribution in [3.8, 4) is 5.75 Å². The minimum Gasteiger partial charge on any atom is -0.493 e. The molecule has 0 aromatic heterocycles. The Morgan fingerprint density at radius 1 is 1.26 bits per heavy atom. The molecular weight excluding hydrogens is 234 g/mol. The van der Waals surface area contributed by atoms with E-state index in [4.69, 9.17) is 4.74 Å². The number of hydrogen-bond acceptors (Lipinski definition) is 2. The van der Waals surface area contributed by atoms with Gasteiger partial charge in [0.05, 0.1) is 6.61 Å². The highest BCUT2D eigenvalue weighted by Gasteiger charge is 2.29. The third-order valence-corrected chi connectivity index (χ3v) is 4.57. The molecule has 1 N–H and O–H groups in total. The van der Waals surface area contributed by atoms with Gasteiger partial charge in [-0.25, -0.2) is 0 Å². The van der Waals surface area contributed by atoms with Gasteiger partial charge in [-0.3, -0.25) is 0 Å². The second kappa shape index (κ2) is 5.54. The van der Waals surface area contributed by atoms with E-state index in [0.29, 0.717) is 5.92 Å². The van der Waals surface area contributed by atoms with E-state index in [9.17, 15) is 0 Å². The van der Waals surface area contributed by atoms with Crippen LogP contribution < -0.4 is 10.1 Å². The molecule has 2 heteroatoms. The molecule has 0 amide bonds. The molecule has 1 aliphatic carbocycles. The summed E-state index contributed by atoms with van der Waals surface area (Å²) in [5.41, 5.74) is 1.42. The smallest absolute Gasteiger partial charge is 0.122 e. The predicted molar refractivity (Wildman–Crippen MR) is 78.6 cm³/mol. The van der Waals surface area contributed by atoms with Crippen LogP contribution in [0.3, 0.4) is 0 Å². The molecule has 104 valence electrons. The maximum atomic E-state index is 5.81. The van der Waals surface area contributed by atoms with Gasteiger partial charge < -0.3 is 10.1 Å². The van der Waals surface area contributed by atoms with Crippen LogP contribution in [0.5, 0.6) is 5.75 Å². The summed E-state index contributed by atoms with van der Waals surface area (Å²) < 4.78 is 5.81. The molecule has 19 heavy (non-hydrogen) atoms. The Bertz CT molecular complexity index is 425. The first-order chi connectivity index (χ1) is 9.24. The van der Waals surface area contributed by atoms with Gasteiger partial charge in [0.2, 0.25) is 0 Å². The molecule has 2 aliphatic rings. The van der Waals surface area contributed by atoms with Crippen LogP contribution >= 0.6 is 0 Å². The summed E-state index contributed by atoms with van der Waals surface area (Å²) in [7, 11) is 0. The van der Waals surface area contributed by atoms with Crippen LogP contribution in [0.1, 0.15) is 44.6 Å². The molecule has 1 aromatic carbocycles. The quantitative estimate of drug-likeness (QED) is 0.843. The van der Waals surface area contributed by atoms with E-state index in [2.05, 4.69) is 43.4 Å². The summed E-state index contributed by atoms with van der Waals surface area (Å²) in [6.07, 6.45) is 3.99. The van der Waals surface area contributed by atoms with Crippen LogP contribution in [0.15, 0.2) is 24.3 Å². The standard InChI is InChI=1S/C17H25NO/c1-12(2)13(10-18-15-7-8-15)9-14-11-19-17-6-4-3-5-16(14)17/h3-6,12-15,18H,7-11H2,1-2H3. The molecule has 0 saturated heterocycles. The van der Waals surface area contributed by atoms with Gasteiger partial charge in [0, 0.05) is 17.5 Å². The van der Waals surface area contributed by atoms with Crippen molar-refractivity contribution >= 4 is 0 Å². The first-order valence-corrected chi connectivity index (χ1v) is 7.69. The number of hydrogen-bond donors (Lipinski definition) is 1.